The number of hydrogen-bond donors (Lipinski definition) is 1. The number of aryl methyl sites for hydroxylation is 1. The third-order valence-corrected chi connectivity index (χ3v) is 10.0. The van der Waals surface area contributed by atoms with E-state index < -0.39 is 0 Å². The van der Waals surface area contributed by atoms with E-state index in [4.69, 9.17) is 18.9 Å². The maximum Gasteiger partial charge on any atom is 0.161 e. The average Bonchev–Trinajstić information content (AvgIpc) is 3.17. The average molecular weight is 664 g/mol. The lowest BCUT2D eigenvalue weighted by molar-refractivity contribution is 0.352. The van der Waals surface area contributed by atoms with Gasteiger partial charge in [0.25, 0.3) is 0 Å². The zero-order valence-corrected chi connectivity index (χ0v) is 29.4. The van der Waals surface area contributed by atoms with Crippen molar-refractivity contribution in [2.45, 2.75) is 38.1 Å². The highest BCUT2D eigenvalue weighted by Gasteiger charge is 2.23. The predicted molar refractivity (Wildman–Crippen MR) is 205 cm³/mol. The fourth-order valence-corrected chi connectivity index (χ4v) is 7.43. The number of nitrogens with one attached hydrogen (secondary N) is 1. The predicted octanol–water partition coefficient (Wildman–Crippen LogP) is 9.72. The smallest absolute Gasteiger partial charge is 0.161 e. The van der Waals surface area contributed by atoms with Crippen molar-refractivity contribution in [3.05, 3.63) is 149 Å². The maximum atomic E-state index is 5.51. The largest absolute Gasteiger partial charge is 0.493 e. The first-order chi connectivity index (χ1) is 24.6. The van der Waals surface area contributed by atoms with Gasteiger partial charge in [0.15, 0.2) is 23.0 Å². The van der Waals surface area contributed by atoms with E-state index in [9.17, 15) is 0 Å². The molecule has 0 unspecified atom stereocenters. The molecule has 6 aromatic carbocycles. The van der Waals surface area contributed by atoms with Gasteiger partial charge in [0.05, 0.1) is 28.4 Å². The Morgan fingerprint density at radius 1 is 0.560 bits per heavy atom. The lowest BCUT2D eigenvalue weighted by Crippen LogP contribution is -2.31. The molecular weight excluding hydrogens is 618 g/mol. The highest BCUT2D eigenvalue weighted by atomic mass is 16.5. The van der Waals surface area contributed by atoms with Gasteiger partial charge < -0.3 is 24.3 Å². The van der Waals surface area contributed by atoms with Crippen LogP contribution in [0.3, 0.4) is 0 Å². The molecule has 2 aliphatic rings. The molecule has 1 atom stereocenters. The zero-order valence-electron chi connectivity index (χ0n) is 29.4. The summed E-state index contributed by atoms with van der Waals surface area (Å²) in [5.41, 5.74) is 9.36. The molecule has 1 heterocycles. The van der Waals surface area contributed by atoms with Crippen LogP contribution in [0.5, 0.6) is 23.0 Å². The minimum Gasteiger partial charge on any atom is -0.493 e. The second-order valence-electron chi connectivity index (χ2n) is 13.0. The Labute approximate surface area is 295 Å². The van der Waals surface area contributed by atoms with E-state index in [1.165, 1.54) is 60.5 Å². The van der Waals surface area contributed by atoms with Gasteiger partial charge in [0.2, 0.25) is 0 Å². The third kappa shape index (κ3) is 7.05. The van der Waals surface area contributed by atoms with Crippen LogP contribution in [0.15, 0.2) is 115 Å². The second-order valence-corrected chi connectivity index (χ2v) is 13.0. The van der Waals surface area contributed by atoms with Gasteiger partial charge in [-0.25, -0.2) is 0 Å². The van der Waals surface area contributed by atoms with Crippen LogP contribution < -0.4 is 24.3 Å². The van der Waals surface area contributed by atoms with Crippen LogP contribution >= 0.6 is 0 Å². The molecule has 5 nitrogen and oxygen atoms in total. The van der Waals surface area contributed by atoms with E-state index in [-0.39, 0.29) is 0 Å². The summed E-state index contributed by atoms with van der Waals surface area (Å²) in [6, 6.07) is 39.3. The second kappa shape index (κ2) is 15.1. The van der Waals surface area contributed by atoms with Gasteiger partial charge in [-0.3, -0.25) is 0 Å². The third-order valence-electron chi connectivity index (χ3n) is 10.0. The fraction of sp³-hybridized carbons (Fsp3) is 0.244. The Hall–Kier alpha value is -5.26. The first kappa shape index (κ1) is 33.2. The van der Waals surface area contributed by atoms with Gasteiger partial charge in [0, 0.05) is 6.04 Å². The van der Waals surface area contributed by atoms with Crippen LogP contribution in [0.25, 0.3) is 27.1 Å². The molecule has 0 radical (unpaired) electrons. The molecule has 1 aliphatic heterocycles. The number of fused-ring (bicyclic) bond motifs is 4. The van der Waals surface area contributed by atoms with Crippen molar-refractivity contribution in [2.75, 3.05) is 35.0 Å². The summed E-state index contributed by atoms with van der Waals surface area (Å²) in [4.78, 5) is 0. The summed E-state index contributed by atoms with van der Waals surface area (Å²) in [6.07, 6.45) is 7.41. The molecule has 0 aromatic heterocycles. The lowest BCUT2D eigenvalue weighted by atomic mass is 9.86. The van der Waals surface area contributed by atoms with Crippen molar-refractivity contribution < 1.29 is 18.9 Å². The molecule has 1 aliphatic carbocycles. The Bertz CT molecular complexity index is 2170. The van der Waals surface area contributed by atoms with Gasteiger partial charge in [-0.15, -0.1) is 0 Å². The summed E-state index contributed by atoms with van der Waals surface area (Å²) in [5.74, 6) is 3.22. The molecule has 254 valence electrons. The molecule has 6 aromatic rings. The summed E-state index contributed by atoms with van der Waals surface area (Å²) >= 11 is 0. The molecule has 0 fully saturated rings. The van der Waals surface area contributed by atoms with Crippen LogP contribution in [0.4, 0.5) is 0 Å². The van der Waals surface area contributed by atoms with Crippen LogP contribution in [-0.4, -0.2) is 35.0 Å². The van der Waals surface area contributed by atoms with Crippen molar-refractivity contribution in [3.63, 3.8) is 0 Å². The van der Waals surface area contributed by atoms with Crippen molar-refractivity contribution in [1.29, 1.82) is 0 Å². The Morgan fingerprint density at radius 2 is 1.12 bits per heavy atom. The number of ether oxygens (including phenoxy) is 4. The van der Waals surface area contributed by atoms with Gasteiger partial charge >= 0.3 is 0 Å². The highest BCUT2D eigenvalue weighted by Crippen LogP contribution is 2.39. The lowest BCUT2D eigenvalue weighted by Gasteiger charge is -2.28. The minimum absolute atomic E-state index is 0.296. The van der Waals surface area contributed by atoms with Gasteiger partial charge in [-0.2, -0.15) is 0 Å². The van der Waals surface area contributed by atoms with Crippen molar-refractivity contribution >= 4 is 27.1 Å². The van der Waals surface area contributed by atoms with E-state index in [1.54, 1.807) is 28.4 Å². The van der Waals surface area contributed by atoms with Gasteiger partial charge in [-0.1, -0.05) is 91.0 Å². The Balaban J connectivity index is 0.000000157. The summed E-state index contributed by atoms with van der Waals surface area (Å²) in [7, 11) is 6.77. The van der Waals surface area contributed by atoms with E-state index in [1.807, 2.05) is 0 Å². The maximum absolute atomic E-state index is 5.51. The van der Waals surface area contributed by atoms with E-state index in [0.717, 1.165) is 61.6 Å². The molecule has 0 spiro atoms. The minimum atomic E-state index is 0.296. The van der Waals surface area contributed by atoms with Crippen molar-refractivity contribution in [3.8, 4) is 23.0 Å². The van der Waals surface area contributed by atoms with E-state index in [2.05, 4.69) is 121 Å². The molecule has 1 N–H and O–H groups in total. The number of benzene rings is 6. The first-order valence-electron chi connectivity index (χ1n) is 17.4. The molecule has 50 heavy (non-hydrogen) atoms. The summed E-state index contributed by atoms with van der Waals surface area (Å²) in [6.45, 7) is 0.987. The van der Waals surface area contributed by atoms with Crippen LogP contribution in [0.2, 0.25) is 0 Å². The SMILES string of the molecule is COc1cc2c(cc1OC)C(Cc1ccc3ccccc3c1)=CCC2.COc1cc2c(cc1OC)[C@H](Cc1ccc3ccccc3c1)NCC2. The monoisotopic (exact) mass is 663 g/mol. The summed E-state index contributed by atoms with van der Waals surface area (Å²) < 4.78 is 21.9. The number of allylic oxidation sites excluding steroid dienone is 2. The van der Waals surface area contributed by atoms with E-state index in [0.29, 0.717) is 6.04 Å². The number of methoxy groups -OCH3 is 4. The van der Waals surface area contributed by atoms with E-state index >= 15 is 0 Å². The zero-order chi connectivity index (χ0) is 34.5. The molecule has 5 heteroatoms. The molecule has 0 saturated heterocycles. The van der Waals surface area contributed by atoms with Crippen LogP contribution in [-0.2, 0) is 25.7 Å². The summed E-state index contributed by atoms with van der Waals surface area (Å²) in [5, 5.41) is 8.83. The molecule has 0 saturated carbocycles. The highest BCUT2D eigenvalue weighted by molar-refractivity contribution is 5.84. The molecular formula is C45H45NO4. The van der Waals surface area contributed by atoms with Gasteiger partial charge in [-0.05, 0) is 123 Å². The van der Waals surface area contributed by atoms with Crippen LogP contribution in [0.1, 0.15) is 45.8 Å². The standard InChI is InChI=1S/C23H22O2.C22H23NO2/c1-24-22-14-20-9-5-8-19(21(20)15-23(22)25-2)13-16-10-11-17-6-3-4-7-18(17)12-16;1-24-21-13-18-9-10-23-20(19(18)14-22(21)25-2)12-15-7-8-16-5-3-4-6-17(16)11-15/h3-4,6-8,10-12,14-15H,5,9,13H2,1-2H3;3-8,11,13-14,20,23H,9-10,12H2,1-2H3/t;20-/m.0/s1. The van der Waals surface area contributed by atoms with Gasteiger partial charge in [0.1, 0.15) is 0 Å². The normalized spacial score (nSPS) is 14.9. The molecule has 0 bridgehead atoms. The Morgan fingerprint density at radius 3 is 1.78 bits per heavy atom. The fourth-order valence-electron chi connectivity index (χ4n) is 7.43. The van der Waals surface area contributed by atoms with Crippen LogP contribution in [0, 0.1) is 0 Å². The molecule has 0 amide bonds. The van der Waals surface area contributed by atoms with Crippen molar-refractivity contribution in [1.82, 2.24) is 5.32 Å². The quantitative estimate of drug-likeness (QED) is 0.176. The van der Waals surface area contributed by atoms with Crippen molar-refractivity contribution in [2.24, 2.45) is 0 Å². The molecule has 8 rings (SSSR count). The topological polar surface area (TPSA) is 49.0 Å². The Kier molecular flexibility index (Phi) is 10.0. The number of rotatable bonds is 8. The number of hydrogen-bond acceptors (Lipinski definition) is 5. The first-order valence-corrected chi connectivity index (χ1v) is 17.4.